The highest BCUT2D eigenvalue weighted by molar-refractivity contribution is 7.92. The van der Waals surface area contributed by atoms with Crippen molar-refractivity contribution < 1.29 is 17.6 Å². The van der Waals surface area contributed by atoms with E-state index in [0.717, 1.165) is 30.4 Å². The summed E-state index contributed by atoms with van der Waals surface area (Å²) < 4.78 is 33.8. The Hall–Kier alpha value is -3.07. The fraction of sp³-hybridized carbons (Fsp3) is 0.333. The third kappa shape index (κ3) is 3.85. The van der Waals surface area contributed by atoms with Crippen molar-refractivity contribution >= 4 is 21.6 Å². The van der Waals surface area contributed by atoms with Crippen LogP contribution in [-0.4, -0.2) is 42.5 Å². The van der Waals surface area contributed by atoms with Crippen LogP contribution in [0.2, 0.25) is 0 Å². The quantitative estimate of drug-likeness (QED) is 0.644. The van der Waals surface area contributed by atoms with Crippen molar-refractivity contribution in [1.29, 1.82) is 0 Å². The number of aromatic amines is 1. The summed E-state index contributed by atoms with van der Waals surface area (Å²) in [5.74, 6) is 0.113. The first-order valence-electron chi connectivity index (χ1n) is 9.89. The number of likely N-dealkylation sites (tertiary alicyclic amines) is 1. The number of carbonyl (C=O) groups is 1. The molecule has 30 heavy (non-hydrogen) atoms. The third-order valence-electron chi connectivity index (χ3n) is 5.45. The zero-order valence-corrected chi connectivity index (χ0v) is 17.8. The lowest BCUT2D eigenvalue weighted by atomic mass is 10.1. The van der Waals surface area contributed by atoms with Gasteiger partial charge < -0.3 is 9.32 Å². The van der Waals surface area contributed by atoms with E-state index in [1.54, 1.807) is 17.0 Å². The second kappa shape index (κ2) is 7.98. The number of hydrogen-bond donors (Lipinski definition) is 2. The summed E-state index contributed by atoms with van der Waals surface area (Å²) in [6.07, 6.45) is 4.53. The maximum absolute atomic E-state index is 12.9. The number of aromatic nitrogens is 2. The molecule has 1 fully saturated rings. The summed E-state index contributed by atoms with van der Waals surface area (Å²) in [4.78, 5) is 14.7. The molecular weight excluding hydrogens is 404 g/mol. The maximum atomic E-state index is 12.9. The van der Waals surface area contributed by atoms with Gasteiger partial charge in [0.1, 0.15) is 5.69 Å². The molecule has 0 radical (unpaired) electrons. The lowest BCUT2D eigenvalue weighted by Gasteiger charge is -2.26. The number of sulfonamides is 1. The second-order valence-corrected chi connectivity index (χ2v) is 9.10. The van der Waals surface area contributed by atoms with E-state index >= 15 is 0 Å². The smallest absolute Gasteiger partial charge is 0.295 e. The van der Waals surface area contributed by atoms with Gasteiger partial charge in [-0.3, -0.25) is 14.6 Å². The number of nitrogens with zero attached hydrogens (tertiary/aromatic N) is 2. The van der Waals surface area contributed by atoms with Crippen LogP contribution in [-0.2, 0) is 10.0 Å². The molecule has 4 rings (SSSR count). The first-order valence-corrected chi connectivity index (χ1v) is 11.4. The molecule has 0 bridgehead atoms. The molecule has 0 spiro atoms. The molecule has 1 saturated heterocycles. The van der Waals surface area contributed by atoms with Crippen molar-refractivity contribution in [2.45, 2.75) is 38.2 Å². The minimum atomic E-state index is -3.92. The number of carbonyl (C=O) groups excluding carboxylic acids is 1. The second-order valence-electron chi connectivity index (χ2n) is 7.48. The molecule has 8 nitrogen and oxygen atoms in total. The Bertz CT molecular complexity index is 1170. The van der Waals surface area contributed by atoms with Crippen LogP contribution in [0, 0.1) is 13.8 Å². The van der Waals surface area contributed by atoms with Gasteiger partial charge in [-0.25, -0.2) is 0 Å². The topological polar surface area (TPSA) is 108 Å². The van der Waals surface area contributed by atoms with Crippen molar-refractivity contribution in [3.8, 4) is 11.5 Å². The predicted molar refractivity (Wildman–Crippen MR) is 113 cm³/mol. The zero-order chi connectivity index (χ0) is 21.3. The van der Waals surface area contributed by atoms with E-state index in [-0.39, 0.29) is 16.8 Å². The van der Waals surface area contributed by atoms with Crippen LogP contribution in [0.15, 0.2) is 46.0 Å². The average Bonchev–Trinajstić information content (AvgIpc) is 3.41. The molecule has 1 aliphatic rings. The molecule has 0 unspecified atom stereocenters. The van der Waals surface area contributed by atoms with Gasteiger partial charge in [0.2, 0.25) is 5.09 Å². The molecule has 0 aliphatic carbocycles. The van der Waals surface area contributed by atoms with Gasteiger partial charge in [0.25, 0.3) is 15.9 Å². The average molecular weight is 429 g/mol. The van der Waals surface area contributed by atoms with Crippen LogP contribution in [0.25, 0.3) is 11.5 Å². The molecule has 9 heteroatoms. The Kier molecular flexibility index (Phi) is 5.38. The van der Waals surface area contributed by atoms with Crippen molar-refractivity contribution in [3.05, 3.63) is 53.2 Å². The number of anilines is 1. The number of piperidine rings is 1. The number of nitrogens with one attached hydrogen (secondary N) is 2. The number of rotatable bonds is 5. The fourth-order valence-electron chi connectivity index (χ4n) is 3.56. The molecule has 158 valence electrons. The van der Waals surface area contributed by atoms with Gasteiger partial charge >= 0.3 is 0 Å². The number of hydrogen-bond acceptors (Lipinski definition) is 5. The molecule has 0 atom stereocenters. The van der Waals surface area contributed by atoms with Crippen molar-refractivity contribution in [1.82, 2.24) is 15.1 Å². The normalized spacial score (nSPS) is 14.7. The first-order chi connectivity index (χ1) is 14.4. The predicted octanol–water partition coefficient (Wildman–Crippen LogP) is 3.71. The molecule has 1 amide bonds. The Balaban J connectivity index is 1.60. The first kappa shape index (κ1) is 20.2. The van der Waals surface area contributed by atoms with E-state index in [2.05, 4.69) is 14.9 Å². The number of amides is 1. The van der Waals surface area contributed by atoms with Crippen molar-refractivity contribution in [2.75, 3.05) is 17.8 Å². The number of H-pyrrole nitrogens is 1. The summed E-state index contributed by atoms with van der Waals surface area (Å²) in [7, 11) is -3.92. The molecule has 1 aromatic carbocycles. The Morgan fingerprint density at radius 3 is 2.67 bits per heavy atom. The molecule has 2 aromatic heterocycles. The highest BCUT2D eigenvalue weighted by Crippen LogP contribution is 2.29. The summed E-state index contributed by atoms with van der Waals surface area (Å²) in [5, 5.41) is 6.51. The van der Waals surface area contributed by atoms with Gasteiger partial charge in [-0.1, -0.05) is 12.1 Å². The molecular formula is C21H24N4O4S. The van der Waals surface area contributed by atoms with Gasteiger partial charge in [0.05, 0.1) is 17.4 Å². The fourth-order valence-corrected chi connectivity index (χ4v) is 4.62. The van der Waals surface area contributed by atoms with Crippen LogP contribution >= 0.6 is 0 Å². The van der Waals surface area contributed by atoms with Crippen molar-refractivity contribution in [3.63, 3.8) is 0 Å². The van der Waals surface area contributed by atoms with E-state index in [4.69, 9.17) is 4.42 Å². The highest BCUT2D eigenvalue weighted by atomic mass is 32.2. The van der Waals surface area contributed by atoms with Crippen LogP contribution in [0.1, 0.15) is 40.7 Å². The van der Waals surface area contributed by atoms with Gasteiger partial charge in [-0.15, -0.1) is 0 Å². The van der Waals surface area contributed by atoms with E-state index in [1.165, 1.54) is 18.3 Å². The monoisotopic (exact) mass is 428 g/mol. The SMILES string of the molecule is Cc1cccc(NS(=O)(=O)c2ccc(-c3[nH]ncc3C(=O)N3CCCCC3)o2)c1C. The van der Waals surface area contributed by atoms with Crippen LogP contribution in [0.4, 0.5) is 5.69 Å². The van der Waals surface area contributed by atoms with Crippen LogP contribution < -0.4 is 4.72 Å². The van der Waals surface area contributed by atoms with Gasteiger partial charge in [0, 0.05) is 13.1 Å². The minimum absolute atomic E-state index is 0.132. The van der Waals surface area contributed by atoms with E-state index < -0.39 is 10.0 Å². The number of furan rings is 1. The minimum Gasteiger partial charge on any atom is -0.441 e. The number of benzene rings is 1. The third-order valence-corrected chi connectivity index (χ3v) is 6.69. The van der Waals surface area contributed by atoms with Gasteiger partial charge in [-0.2, -0.15) is 13.5 Å². The zero-order valence-electron chi connectivity index (χ0n) is 16.9. The van der Waals surface area contributed by atoms with Gasteiger partial charge in [0.15, 0.2) is 5.76 Å². The van der Waals surface area contributed by atoms with E-state index in [0.29, 0.717) is 30.0 Å². The summed E-state index contributed by atoms with van der Waals surface area (Å²) in [6.45, 7) is 5.18. The lowest BCUT2D eigenvalue weighted by molar-refractivity contribution is 0.0725. The van der Waals surface area contributed by atoms with Crippen LogP contribution in [0.5, 0.6) is 0 Å². The molecule has 1 aliphatic heterocycles. The number of aryl methyl sites for hydroxylation is 1. The van der Waals surface area contributed by atoms with E-state index in [9.17, 15) is 13.2 Å². The molecule has 2 N–H and O–H groups in total. The van der Waals surface area contributed by atoms with Gasteiger partial charge in [-0.05, 0) is 62.4 Å². The molecule has 3 aromatic rings. The Labute approximate surface area is 175 Å². The molecule has 0 saturated carbocycles. The van der Waals surface area contributed by atoms with E-state index in [1.807, 2.05) is 19.9 Å². The lowest BCUT2D eigenvalue weighted by Crippen LogP contribution is -2.35. The highest BCUT2D eigenvalue weighted by Gasteiger charge is 2.26. The van der Waals surface area contributed by atoms with Crippen molar-refractivity contribution in [2.24, 2.45) is 0 Å². The summed E-state index contributed by atoms with van der Waals surface area (Å²) >= 11 is 0. The summed E-state index contributed by atoms with van der Waals surface area (Å²) in [6, 6.07) is 8.30. The molecule has 3 heterocycles. The largest absolute Gasteiger partial charge is 0.441 e. The standard InChI is InChI=1S/C21H24N4O4S/c1-14-7-6-8-17(15(14)2)24-30(27,28)19-10-9-18(29-19)20-16(13-22-23-20)21(26)25-11-4-3-5-12-25/h6-10,13,24H,3-5,11-12H2,1-2H3,(H,22,23). The van der Waals surface area contributed by atoms with Crippen LogP contribution in [0.3, 0.4) is 0 Å². The Morgan fingerprint density at radius 2 is 1.90 bits per heavy atom. The Morgan fingerprint density at radius 1 is 1.13 bits per heavy atom. The summed E-state index contributed by atoms with van der Waals surface area (Å²) in [5.41, 5.74) is 3.07. The maximum Gasteiger partial charge on any atom is 0.295 e.